The van der Waals surface area contributed by atoms with Crippen molar-refractivity contribution in [2.75, 3.05) is 18.2 Å². The summed E-state index contributed by atoms with van der Waals surface area (Å²) >= 11 is 11.5. The van der Waals surface area contributed by atoms with Gasteiger partial charge in [-0.15, -0.1) is 10.2 Å². The SMILES string of the molecule is COc1cc(Br)c(NC(=O)CSc2nnc(-c3ccccc3)o2)c(Br)c1Br. The van der Waals surface area contributed by atoms with Crippen LogP contribution in [0, 0.1) is 0 Å². The molecule has 0 spiro atoms. The zero-order chi connectivity index (χ0) is 19.4. The summed E-state index contributed by atoms with van der Waals surface area (Å²) in [5.74, 6) is 0.973. The number of methoxy groups -OCH3 is 1. The van der Waals surface area contributed by atoms with Gasteiger partial charge in [0.15, 0.2) is 0 Å². The van der Waals surface area contributed by atoms with Crippen molar-refractivity contribution in [1.29, 1.82) is 0 Å². The van der Waals surface area contributed by atoms with E-state index in [1.807, 2.05) is 30.3 Å². The second kappa shape index (κ2) is 9.22. The van der Waals surface area contributed by atoms with Crippen LogP contribution >= 0.6 is 59.6 Å². The lowest BCUT2D eigenvalue weighted by Gasteiger charge is -2.13. The molecular weight excluding hydrogens is 566 g/mol. The number of amides is 1. The van der Waals surface area contributed by atoms with Crippen LogP contribution in [0.4, 0.5) is 5.69 Å². The zero-order valence-electron chi connectivity index (χ0n) is 13.8. The maximum absolute atomic E-state index is 12.3. The Hall–Kier alpha value is -1.36. The van der Waals surface area contributed by atoms with E-state index in [1.54, 1.807) is 13.2 Å². The number of nitrogens with zero attached hydrogens (tertiary/aromatic N) is 2. The van der Waals surface area contributed by atoms with Gasteiger partial charge in [-0.1, -0.05) is 30.0 Å². The second-order valence-electron chi connectivity index (χ2n) is 5.14. The Morgan fingerprint density at radius 1 is 1.19 bits per heavy atom. The predicted octanol–water partition coefficient (Wildman–Crippen LogP) is 5.76. The fourth-order valence-corrected chi connectivity index (χ4v) is 4.42. The van der Waals surface area contributed by atoms with Crippen molar-refractivity contribution in [2.45, 2.75) is 5.22 Å². The molecule has 0 saturated heterocycles. The summed E-state index contributed by atoms with van der Waals surface area (Å²) in [6, 6.07) is 11.2. The molecule has 2 aromatic carbocycles. The normalized spacial score (nSPS) is 10.7. The van der Waals surface area contributed by atoms with E-state index in [1.165, 1.54) is 11.8 Å². The number of ether oxygens (including phenoxy) is 1. The molecule has 140 valence electrons. The average molecular weight is 578 g/mol. The number of carbonyl (C=O) groups excluding carboxylic acids is 1. The summed E-state index contributed by atoms with van der Waals surface area (Å²) in [6.07, 6.45) is 0. The van der Waals surface area contributed by atoms with Crippen molar-refractivity contribution in [1.82, 2.24) is 10.2 Å². The third-order valence-electron chi connectivity index (χ3n) is 3.36. The number of aromatic nitrogens is 2. The van der Waals surface area contributed by atoms with Crippen LogP contribution in [0.3, 0.4) is 0 Å². The van der Waals surface area contributed by atoms with Crippen molar-refractivity contribution < 1.29 is 13.9 Å². The highest BCUT2D eigenvalue weighted by Gasteiger charge is 2.17. The van der Waals surface area contributed by atoms with E-state index in [-0.39, 0.29) is 11.7 Å². The van der Waals surface area contributed by atoms with Crippen molar-refractivity contribution in [3.8, 4) is 17.2 Å². The zero-order valence-corrected chi connectivity index (χ0v) is 19.4. The first-order valence-electron chi connectivity index (χ1n) is 7.52. The molecule has 1 aromatic heterocycles. The van der Waals surface area contributed by atoms with Gasteiger partial charge in [0.25, 0.3) is 5.22 Å². The molecule has 3 rings (SSSR count). The quantitative estimate of drug-likeness (QED) is 0.296. The van der Waals surface area contributed by atoms with Gasteiger partial charge in [-0.3, -0.25) is 4.79 Å². The molecule has 1 N–H and O–H groups in total. The van der Waals surface area contributed by atoms with Crippen molar-refractivity contribution in [3.63, 3.8) is 0 Å². The third kappa shape index (κ3) is 4.92. The van der Waals surface area contributed by atoms with Gasteiger partial charge in [-0.25, -0.2) is 0 Å². The molecular formula is C17H12Br3N3O3S. The first-order valence-corrected chi connectivity index (χ1v) is 10.9. The highest BCUT2D eigenvalue weighted by Crippen LogP contribution is 2.43. The molecule has 0 bridgehead atoms. The Morgan fingerprint density at radius 3 is 2.63 bits per heavy atom. The van der Waals surface area contributed by atoms with Gasteiger partial charge in [0.05, 0.1) is 27.5 Å². The second-order valence-corrected chi connectivity index (χ2v) is 8.51. The molecule has 0 atom stereocenters. The topological polar surface area (TPSA) is 77.2 Å². The van der Waals surface area contributed by atoms with Gasteiger partial charge in [0, 0.05) is 10.0 Å². The van der Waals surface area contributed by atoms with Gasteiger partial charge in [0.2, 0.25) is 11.8 Å². The summed E-state index contributed by atoms with van der Waals surface area (Å²) in [5, 5.41) is 11.2. The van der Waals surface area contributed by atoms with E-state index < -0.39 is 0 Å². The minimum Gasteiger partial charge on any atom is -0.495 e. The van der Waals surface area contributed by atoms with E-state index >= 15 is 0 Å². The van der Waals surface area contributed by atoms with Crippen LogP contribution in [-0.2, 0) is 4.79 Å². The number of halogens is 3. The van der Waals surface area contributed by atoms with Crippen molar-refractivity contribution >= 4 is 71.1 Å². The predicted molar refractivity (Wildman–Crippen MR) is 115 cm³/mol. The number of carbonyl (C=O) groups is 1. The Morgan fingerprint density at radius 2 is 1.93 bits per heavy atom. The minimum absolute atomic E-state index is 0.124. The van der Waals surface area contributed by atoms with Crippen LogP contribution in [0.1, 0.15) is 0 Å². The summed E-state index contributed by atoms with van der Waals surface area (Å²) < 4.78 is 12.9. The molecule has 0 aliphatic carbocycles. The monoisotopic (exact) mass is 575 g/mol. The smallest absolute Gasteiger partial charge is 0.277 e. The van der Waals surface area contributed by atoms with Gasteiger partial charge in [0.1, 0.15) is 5.75 Å². The summed E-state index contributed by atoms with van der Waals surface area (Å²) in [4.78, 5) is 12.3. The fourth-order valence-electron chi connectivity index (χ4n) is 2.10. The van der Waals surface area contributed by atoms with Gasteiger partial charge in [-0.05, 0) is 66.0 Å². The highest BCUT2D eigenvalue weighted by atomic mass is 79.9. The summed E-state index contributed by atoms with van der Waals surface area (Å²) in [6.45, 7) is 0. The first-order chi connectivity index (χ1) is 13.0. The molecule has 0 aliphatic rings. The average Bonchev–Trinajstić information content (AvgIpc) is 3.16. The molecule has 3 aromatic rings. The number of hydrogen-bond acceptors (Lipinski definition) is 6. The molecule has 1 heterocycles. The maximum atomic E-state index is 12.3. The number of thioether (sulfide) groups is 1. The molecule has 6 nitrogen and oxygen atoms in total. The van der Waals surface area contributed by atoms with Crippen molar-refractivity contribution in [3.05, 3.63) is 49.8 Å². The van der Waals surface area contributed by atoms with Crippen LogP contribution < -0.4 is 10.1 Å². The molecule has 10 heteroatoms. The van der Waals surface area contributed by atoms with Crippen LogP contribution in [0.2, 0.25) is 0 Å². The van der Waals surface area contributed by atoms with Crippen LogP contribution in [0.15, 0.2) is 59.5 Å². The minimum atomic E-state index is -0.210. The standard InChI is InChI=1S/C17H12Br3N3O3S/c1-25-11-7-10(18)15(14(20)13(11)19)21-12(24)8-27-17-23-22-16(26-17)9-5-3-2-4-6-9/h2-7H,8H2,1H3,(H,21,24). The molecule has 0 saturated carbocycles. The van der Waals surface area contributed by atoms with E-state index in [9.17, 15) is 4.79 Å². The molecule has 1 amide bonds. The lowest BCUT2D eigenvalue weighted by Crippen LogP contribution is -2.15. The molecule has 0 aliphatic heterocycles. The maximum Gasteiger partial charge on any atom is 0.277 e. The van der Waals surface area contributed by atoms with Crippen LogP contribution in [0.25, 0.3) is 11.5 Å². The van der Waals surface area contributed by atoms with Gasteiger partial charge >= 0.3 is 0 Å². The van der Waals surface area contributed by atoms with Gasteiger partial charge < -0.3 is 14.5 Å². The molecule has 0 radical (unpaired) electrons. The van der Waals surface area contributed by atoms with Gasteiger partial charge in [-0.2, -0.15) is 0 Å². The fraction of sp³-hybridized carbons (Fsp3) is 0.118. The summed E-state index contributed by atoms with van der Waals surface area (Å²) in [7, 11) is 1.57. The van der Waals surface area contributed by atoms with E-state index in [0.29, 0.717) is 36.0 Å². The van der Waals surface area contributed by atoms with E-state index in [0.717, 1.165) is 5.56 Å². The number of hydrogen-bond donors (Lipinski definition) is 1. The largest absolute Gasteiger partial charge is 0.495 e. The van der Waals surface area contributed by atoms with Crippen molar-refractivity contribution in [2.24, 2.45) is 0 Å². The number of nitrogens with one attached hydrogen (secondary N) is 1. The molecule has 27 heavy (non-hydrogen) atoms. The number of benzene rings is 2. The molecule has 0 fully saturated rings. The Kier molecular flexibility index (Phi) is 6.96. The van der Waals surface area contributed by atoms with E-state index in [4.69, 9.17) is 9.15 Å². The Bertz CT molecular complexity index is 967. The lowest BCUT2D eigenvalue weighted by atomic mass is 10.2. The summed E-state index contributed by atoms with van der Waals surface area (Å²) in [5.41, 5.74) is 1.43. The molecule has 0 unspecified atom stereocenters. The van der Waals surface area contributed by atoms with E-state index in [2.05, 4.69) is 63.3 Å². The first kappa shape index (κ1) is 20.4. The lowest BCUT2D eigenvalue weighted by molar-refractivity contribution is -0.113. The highest BCUT2D eigenvalue weighted by molar-refractivity contribution is 9.13. The number of anilines is 1. The third-order valence-corrected chi connectivity index (χ3v) is 6.92. The Balaban J connectivity index is 1.64. The number of rotatable bonds is 6. The van der Waals surface area contributed by atoms with Crippen LogP contribution in [0.5, 0.6) is 5.75 Å². The Labute approximate surface area is 184 Å². The van der Waals surface area contributed by atoms with Crippen LogP contribution in [-0.4, -0.2) is 29.0 Å².